The van der Waals surface area contributed by atoms with E-state index in [0.717, 1.165) is 16.7 Å². The van der Waals surface area contributed by atoms with Gasteiger partial charge in [0.25, 0.3) is 0 Å². The Morgan fingerprint density at radius 2 is 1.94 bits per heavy atom. The normalized spacial score (nSPS) is 12.5. The van der Waals surface area contributed by atoms with E-state index in [2.05, 4.69) is 20.4 Å². The molecule has 0 spiro atoms. The minimum Gasteiger partial charge on any atom is -0.624 e. The van der Waals surface area contributed by atoms with E-state index in [9.17, 15) is 5.21 Å². The van der Waals surface area contributed by atoms with Crippen molar-refractivity contribution in [2.75, 3.05) is 6.54 Å². The van der Waals surface area contributed by atoms with Crippen LogP contribution in [0.5, 0.6) is 0 Å². The number of hydroxylamine groups is 1. The summed E-state index contributed by atoms with van der Waals surface area (Å²) in [6.07, 6.45) is 4.33. The predicted octanol–water partition coefficient (Wildman–Crippen LogP) is 3.22. The Hall–Kier alpha value is -1.57. The Balaban J connectivity index is 2.68. The number of allylic oxidation sites excluding steroid dienone is 1. The second-order valence-electron chi connectivity index (χ2n) is 4.77. The lowest BCUT2D eigenvalue weighted by Crippen LogP contribution is -2.24. The van der Waals surface area contributed by atoms with Crippen LogP contribution in [0.4, 0.5) is 0 Å². The van der Waals surface area contributed by atoms with Gasteiger partial charge in [-0.3, -0.25) is 0 Å². The molecule has 16 heavy (non-hydrogen) atoms. The van der Waals surface area contributed by atoms with Crippen molar-refractivity contribution < 1.29 is 4.74 Å². The Morgan fingerprint density at radius 1 is 1.31 bits per heavy atom. The predicted molar refractivity (Wildman–Crippen MR) is 68.7 cm³/mol. The summed E-state index contributed by atoms with van der Waals surface area (Å²) in [7, 11) is 0. The lowest BCUT2D eigenvalue weighted by Gasteiger charge is -2.20. The lowest BCUT2D eigenvalue weighted by atomic mass is 9.89. The molecule has 0 N–H and O–H groups in total. The summed E-state index contributed by atoms with van der Waals surface area (Å²) in [5.74, 6) is 0. The van der Waals surface area contributed by atoms with Crippen molar-refractivity contribution in [3.05, 3.63) is 53.8 Å². The third kappa shape index (κ3) is 4.30. The summed E-state index contributed by atoms with van der Waals surface area (Å²) in [4.78, 5) is 0. The number of hydrogen-bond donors (Lipinski definition) is 0. The average molecular weight is 217 g/mol. The van der Waals surface area contributed by atoms with E-state index >= 15 is 0 Å². The third-order valence-corrected chi connectivity index (χ3v) is 2.37. The molecule has 0 unspecified atom stereocenters. The maximum absolute atomic E-state index is 11.7. The molecule has 0 aliphatic carbocycles. The second-order valence-corrected chi connectivity index (χ2v) is 4.77. The molecule has 0 aromatic heterocycles. The number of hydrogen-bond acceptors (Lipinski definition) is 1. The molecular weight excluding hydrogens is 198 g/mol. The molecule has 0 heterocycles. The van der Waals surface area contributed by atoms with Crippen molar-refractivity contribution in [1.82, 2.24) is 0 Å². The molecule has 86 valence electrons. The van der Waals surface area contributed by atoms with Crippen molar-refractivity contribution in [2.45, 2.75) is 20.3 Å². The number of rotatable bonds is 5. The van der Waals surface area contributed by atoms with Crippen LogP contribution < -0.4 is 0 Å². The van der Waals surface area contributed by atoms with Gasteiger partial charge in [0.2, 0.25) is 0 Å². The second kappa shape index (κ2) is 5.50. The van der Waals surface area contributed by atoms with E-state index in [1.54, 1.807) is 6.21 Å². The quantitative estimate of drug-likeness (QED) is 0.244. The minimum absolute atomic E-state index is 0.0330. The van der Waals surface area contributed by atoms with E-state index in [-0.39, 0.29) is 5.41 Å². The average Bonchev–Trinajstić information content (AvgIpc) is 2.17. The van der Waals surface area contributed by atoms with Crippen LogP contribution >= 0.6 is 0 Å². The monoisotopic (exact) mass is 217 g/mol. The van der Waals surface area contributed by atoms with Gasteiger partial charge < -0.3 is 5.21 Å². The van der Waals surface area contributed by atoms with E-state index in [0.29, 0.717) is 6.54 Å². The molecule has 0 radical (unpaired) electrons. The van der Waals surface area contributed by atoms with Crippen molar-refractivity contribution in [3.63, 3.8) is 0 Å². The first-order chi connectivity index (χ1) is 7.53. The van der Waals surface area contributed by atoms with Crippen molar-refractivity contribution in [3.8, 4) is 0 Å². The number of nitrogens with zero attached hydrogens (tertiary/aromatic N) is 1. The Morgan fingerprint density at radius 3 is 2.50 bits per heavy atom. The smallest absolute Gasteiger partial charge is 0.181 e. The molecule has 0 aliphatic rings. The van der Waals surface area contributed by atoms with Gasteiger partial charge in [0.15, 0.2) is 12.8 Å². The summed E-state index contributed by atoms with van der Waals surface area (Å²) >= 11 is 0. The zero-order chi connectivity index (χ0) is 12.0. The summed E-state index contributed by atoms with van der Waals surface area (Å²) in [6, 6.07) is 9.63. The Bertz CT molecular complexity index is 366. The Labute approximate surface area is 97.5 Å². The molecule has 2 nitrogen and oxygen atoms in total. The van der Waals surface area contributed by atoms with Gasteiger partial charge in [-0.25, -0.2) is 4.74 Å². The first-order valence-corrected chi connectivity index (χ1v) is 5.48. The zero-order valence-corrected chi connectivity index (χ0v) is 10.0. The van der Waals surface area contributed by atoms with E-state index < -0.39 is 0 Å². The van der Waals surface area contributed by atoms with Crippen LogP contribution in [-0.2, 0) is 0 Å². The van der Waals surface area contributed by atoms with Crippen LogP contribution in [-0.4, -0.2) is 17.5 Å². The van der Waals surface area contributed by atoms with E-state index in [4.69, 9.17) is 0 Å². The Kier molecular flexibility index (Phi) is 4.29. The molecule has 0 saturated heterocycles. The maximum atomic E-state index is 11.7. The van der Waals surface area contributed by atoms with Crippen molar-refractivity contribution in [2.24, 2.45) is 5.41 Å². The van der Waals surface area contributed by atoms with Gasteiger partial charge in [-0.15, -0.1) is 6.58 Å². The van der Waals surface area contributed by atoms with E-state index in [1.807, 2.05) is 36.4 Å². The molecule has 2 heteroatoms. The topological polar surface area (TPSA) is 26.1 Å². The lowest BCUT2D eigenvalue weighted by molar-refractivity contribution is -0.469. The number of benzene rings is 1. The third-order valence-electron chi connectivity index (χ3n) is 2.37. The van der Waals surface area contributed by atoms with Gasteiger partial charge in [-0.05, 0) is 18.6 Å². The SMILES string of the molecule is C=CCC(C)(C)C/[N+]([O-])=C/c1ccccc1. The summed E-state index contributed by atoms with van der Waals surface area (Å²) < 4.78 is 0.999. The van der Waals surface area contributed by atoms with E-state index in [1.165, 1.54) is 0 Å². The highest BCUT2D eigenvalue weighted by Crippen LogP contribution is 2.20. The fourth-order valence-corrected chi connectivity index (χ4v) is 1.63. The fraction of sp³-hybridized carbons (Fsp3) is 0.357. The fourth-order valence-electron chi connectivity index (χ4n) is 1.63. The molecule has 0 saturated carbocycles. The highest BCUT2D eigenvalue weighted by molar-refractivity contribution is 5.75. The van der Waals surface area contributed by atoms with Crippen LogP contribution in [0.15, 0.2) is 43.0 Å². The van der Waals surface area contributed by atoms with Gasteiger partial charge in [0.1, 0.15) is 0 Å². The zero-order valence-electron chi connectivity index (χ0n) is 10.0. The van der Waals surface area contributed by atoms with Gasteiger partial charge in [-0.1, -0.05) is 38.1 Å². The molecule has 0 fully saturated rings. The highest BCUT2D eigenvalue weighted by atomic mass is 16.5. The molecule has 1 aromatic rings. The molecular formula is C14H19NO. The largest absolute Gasteiger partial charge is 0.624 e. The van der Waals surface area contributed by atoms with Crippen molar-refractivity contribution >= 4 is 6.21 Å². The van der Waals surface area contributed by atoms with Crippen LogP contribution in [0, 0.1) is 10.6 Å². The van der Waals surface area contributed by atoms with Gasteiger partial charge in [0, 0.05) is 11.0 Å². The molecule has 0 bridgehead atoms. The molecule has 0 amide bonds. The first kappa shape index (κ1) is 12.5. The summed E-state index contributed by atoms with van der Waals surface area (Å²) in [5, 5.41) is 11.7. The molecule has 0 atom stereocenters. The van der Waals surface area contributed by atoms with Crippen LogP contribution in [0.1, 0.15) is 25.8 Å². The van der Waals surface area contributed by atoms with Crippen LogP contribution in [0.25, 0.3) is 0 Å². The van der Waals surface area contributed by atoms with Crippen LogP contribution in [0.2, 0.25) is 0 Å². The minimum atomic E-state index is -0.0330. The van der Waals surface area contributed by atoms with Gasteiger partial charge in [0.05, 0.1) is 0 Å². The van der Waals surface area contributed by atoms with Crippen LogP contribution in [0.3, 0.4) is 0 Å². The van der Waals surface area contributed by atoms with Crippen molar-refractivity contribution in [1.29, 1.82) is 0 Å². The molecule has 1 rings (SSSR count). The first-order valence-electron chi connectivity index (χ1n) is 5.48. The van der Waals surface area contributed by atoms with Gasteiger partial charge >= 0.3 is 0 Å². The summed E-state index contributed by atoms with van der Waals surface area (Å²) in [6.45, 7) is 8.32. The molecule has 0 aliphatic heterocycles. The van der Waals surface area contributed by atoms with Gasteiger partial charge in [-0.2, -0.15) is 0 Å². The standard InChI is InChI=1S/C14H19NO/c1-4-10-14(2,3)12-15(16)11-13-8-6-5-7-9-13/h4-9,11H,1,10,12H2,2-3H3/b15-11-. The highest BCUT2D eigenvalue weighted by Gasteiger charge is 2.20. The maximum Gasteiger partial charge on any atom is 0.181 e. The molecule has 1 aromatic carbocycles. The summed E-state index contributed by atoms with van der Waals surface area (Å²) in [5.41, 5.74) is 0.904.